The maximum absolute atomic E-state index is 13.1. The van der Waals surface area contributed by atoms with Crippen molar-refractivity contribution >= 4 is 58.2 Å². The van der Waals surface area contributed by atoms with Gasteiger partial charge in [-0.15, -0.1) is 0 Å². The molecule has 0 radical (unpaired) electrons. The number of aromatic amines is 1. The minimum Gasteiger partial charge on any atom is -0.480 e. The Morgan fingerprint density at radius 2 is 1.52 bits per heavy atom. The van der Waals surface area contributed by atoms with Crippen molar-refractivity contribution in [3.63, 3.8) is 0 Å². The average molecular weight is 578 g/mol. The average Bonchev–Trinajstić information content (AvgIpc) is 3.30. The zero-order valence-corrected chi connectivity index (χ0v) is 22.8. The number of carboxylic acids is 1. The summed E-state index contributed by atoms with van der Waals surface area (Å²) in [4.78, 5) is 76.7. The SMILES string of the molecule is CSCCC(N)C(=O)NC(CC(N)=O)C(=O)NC(CCC(N)=O)C(=O)NC(Cc1c[nH]c2ccccc12)C(=O)O. The molecule has 15 heteroatoms. The zero-order valence-electron chi connectivity index (χ0n) is 22.0. The van der Waals surface area contributed by atoms with Gasteiger partial charge in [-0.05, 0) is 36.5 Å². The van der Waals surface area contributed by atoms with E-state index in [1.165, 1.54) is 11.8 Å². The van der Waals surface area contributed by atoms with Gasteiger partial charge in [0, 0.05) is 29.9 Å². The first-order chi connectivity index (χ1) is 18.9. The van der Waals surface area contributed by atoms with Crippen LogP contribution in [0.1, 0.15) is 31.2 Å². The molecular weight excluding hydrogens is 542 g/mol. The number of aromatic nitrogens is 1. The van der Waals surface area contributed by atoms with Gasteiger partial charge in [-0.25, -0.2) is 4.79 Å². The molecular formula is C25H35N7O7S. The summed E-state index contributed by atoms with van der Waals surface area (Å²) in [5.74, 6) is -4.95. The molecule has 40 heavy (non-hydrogen) atoms. The molecule has 5 amide bonds. The molecule has 1 heterocycles. The lowest BCUT2D eigenvalue weighted by Gasteiger charge is -2.24. The van der Waals surface area contributed by atoms with Crippen molar-refractivity contribution in [1.82, 2.24) is 20.9 Å². The number of hydrogen-bond acceptors (Lipinski definition) is 8. The zero-order chi connectivity index (χ0) is 29.8. The summed E-state index contributed by atoms with van der Waals surface area (Å²) in [7, 11) is 0. The van der Waals surface area contributed by atoms with Crippen LogP contribution < -0.4 is 33.2 Å². The molecule has 0 aliphatic rings. The van der Waals surface area contributed by atoms with E-state index in [1.807, 2.05) is 18.4 Å². The lowest BCUT2D eigenvalue weighted by Crippen LogP contribution is -2.58. The van der Waals surface area contributed by atoms with Crippen LogP contribution >= 0.6 is 11.8 Å². The second-order valence-corrected chi connectivity index (χ2v) is 10.1. The number of primary amides is 2. The Hall–Kier alpha value is -4.11. The number of hydrogen-bond donors (Lipinski definition) is 8. The summed E-state index contributed by atoms with van der Waals surface area (Å²) in [6.07, 6.45) is 2.54. The molecule has 0 bridgehead atoms. The summed E-state index contributed by atoms with van der Waals surface area (Å²) in [6, 6.07) is 2.02. The minimum atomic E-state index is -1.46. The summed E-state index contributed by atoms with van der Waals surface area (Å²) < 4.78 is 0. The van der Waals surface area contributed by atoms with Crippen LogP contribution in [0.2, 0.25) is 0 Å². The Kier molecular flexibility index (Phi) is 12.4. The van der Waals surface area contributed by atoms with E-state index in [-0.39, 0.29) is 19.3 Å². The van der Waals surface area contributed by atoms with E-state index in [4.69, 9.17) is 17.2 Å². The number of benzene rings is 1. The van der Waals surface area contributed by atoms with Gasteiger partial charge in [0.2, 0.25) is 29.5 Å². The Bertz CT molecular complexity index is 1240. The van der Waals surface area contributed by atoms with Crippen molar-refractivity contribution in [1.29, 1.82) is 0 Å². The molecule has 11 N–H and O–H groups in total. The minimum absolute atomic E-state index is 0.0735. The number of carboxylic acid groups (broad SMARTS) is 1. The van der Waals surface area contributed by atoms with Crippen LogP contribution in [0.5, 0.6) is 0 Å². The first-order valence-corrected chi connectivity index (χ1v) is 13.8. The van der Waals surface area contributed by atoms with E-state index >= 15 is 0 Å². The van der Waals surface area contributed by atoms with Gasteiger partial charge in [-0.2, -0.15) is 11.8 Å². The van der Waals surface area contributed by atoms with E-state index < -0.39 is 66.1 Å². The van der Waals surface area contributed by atoms with E-state index in [9.17, 15) is 33.9 Å². The number of nitrogens with one attached hydrogen (secondary N) is 4. The maximum Gasteiger partial charge on any atom is 0.326 e. The first-order valence-electron chi connectivity index (χ1n) is 12.4. The normalized spacial score (nSPS) is 13.9. The largest absolute Gasteiger partial charge is 0.480 e. The number of fused-ring (bicyclic) bond motifs is 1. The van der Waals surface area contributed by atoms with Gasteiger partial charge < -0.3 is 43.2 Å². The predicted molar refractivity (Wildman–Crippen MR) is 149 cm³/mol. The van der Waals surface area contributed by atoms with E-state index in [2.05, 4.69) is 20.9 Å². The van der Waals surface area contributed by atoms with E-state index in [1.54, 1.807) is 18.3 Å². The number of carbonyl (C=O) groups excluding carboxylic acids is 5. The van der Waals surface area contributed by atoms with Gasteiger partial charge in [0.05, 0.1) is 12.5 Å². The van der Waals surface area contributed by atoms with Crippen LogP contribution in [-0.2, 0) is 35.2 Å². The monoisotopic (exact) mass is 577 g/mol. The molecule has 0 aliphatic heterocycles. The predicted octanol–water partition coefficient (Wildman–Crippen LogP) is -1.53. The molecule has 218 valence electrons. The van der Waals surface area contributed by atoms with Gasteiger partial charge in [0.1, 0.15) is 18.1 Å². The smallest absolute Gasteiger partial charge is 0.326 e. The van der Waals surface area contributed by atoms with Gasteiger partial charge in [-0.1, -0.05) is 18.2 Å². The molecule has 0 fully saturated rings. The van der Waals surface area contributed by atoms with Crippen LogP contribution in [0.3, 0.4) is 0 Å². The fourth-order valence-electron chi connectivity index (χ4n) is 3.89. The third kappa shape index (κ3) is 9.89. The standard InChI is InChI=1S/C25H35N7O7S/c1-40-9-8-15(26)22(35)31-18(11-21(28)34)24(37)30-17(6-7-20(27)33)23(36)32-19(25(38)39)10-13-12-29-16-5-3-2-4-14(13)16/h2-5,12,15,17-19,29H,6-11,26H2,1H3,(H2,27,33)(H2,28,34)(H,30,37)(H,31,35)(H,32,36)(H,38,39). The number of H-pyrrole nitrogens is 1. The fourth-order valence-corrected chi connectivity index (χ4v) is 4.38. The second kappa shape index (κ2) is 15.5. The molecule has 4 atom stereocenters. The van der Waals surface area contributed by atoms with Crippen molar-refractivity contribution < 1.29 is 33.9 Å². The van der Waals surface area contributed by atoms with Gasteiger partial charge in [0.15, 0.2) is 0 Å². The van der Waals surface area contributed by atoms with Gasteiger partial charge in [0.25, 0.3) is 0 Å². The summed E-state index contributed by atoms with van der Waals surface area (Å²) in [5.41, 5.74) is 17.7. The Balaban J connectivity index is 2.19. The quantitative estimate of drug-likeness (QED) is 0.108. The molecule has 0 saturated carbocycles. The van der Waals surface area contributed by atoms with Crippen molar-refractivity contribution in [2.24, 2.45) is 17.2 Å². The second-order valence-electron chi connectivity index (χ2n) is 9.15. The van der Waals surface area contributed by atoms with E-state index in [0.29, 0.717) is 17.7 Å². The molecule has 2 aromatic rings. The number of carbonyl (C=O) groups is 6. The van der Waals surface area contributed by atoms with Crippen LogP contribution in [-0.4, -0.2) is 81.8 Å². The summed E-state index contributed by atoms with van der Waals surface area (Å²) in [5, 5.41) is 17.7. The van der Waals surface area contributed by atoms with Crippen molar-refractivity contribution in [3.8, 4) is 0 Å². The molecule has 4 unspecified atom stereocenters. The molecule has 0 saturated heterocycles. The molecule has 1 aromatic carbocycles. The maximum atomic E-state index is 13.1. The fraction of sp³-hybridized carbons (Fsp3) is 0.440. The third-order valence-corrected chi connectivity index (χ3v) is 6.68. The lowest BCUT2D eigenvalue weighted by molar-refractivity contribution is -0.142. The van der Waals surface area contributed by atoms with Crippen LogP contribution in [0, 0.1) is 0 Å². The lowest BCUT2D eigenvalue weighted by atomic mass is 10.0. The van der Waals surface area contributed by atoms with Gasteiger partial charge >= 0.3 is 5.97 Å². The number of amides is 5. The number of rotatable bonds is 17. The highest BCUT2D eigenvalue weighted by molar-refractivity contribution is 7.98. The molecule has 0 spiro atoms. The molecule has 14 nitrogen and oxygen atoms in total. The number of aliphatic carboxylic acids is 1. The van der Waals surface area contributed by atoms with Crippen LogP contribution in [0.25, 0.3) is 10.9 Å². The first kappa shape index (κ1) is 32.1. The van der Waals surface area contributed by atoms with Crippen LogP contribution in [0.15, 0.2) is 30.5 Å². The van der Waals surface area contributed by atoms with Crippen molar-refractivity contribution in [2.75, 3.05) is 12.0 Å². The Morgan fingerprint density at radius 1 is 0.900 bits per heavy atom. The summed E-state index contributed by atoms with van der Waals surface area (Å²) in [6.45, 7) is 0. The number of para-hydroxylation sites is 1. The topological polar surface area (TPSA) is 253 Å². The van der Waals surface area contributed by atoms with Gasteiger partial charge in [-0.3, -0.25) is 24.0 Å². The third-order valence-electron chi connectivity index (χ3n) is 6.03. The Morgan fingerprint density at radius 3 is 2.15 bits per heavy atom. The summed E-state index contributed by atoms with van der Waals surface area (Å²) >= 11 is 1.47. The highest BCUT2D eigenvalue weighted by Gasteiger charge is 2.31. The van der Waals surface area contributed by atoms with E-state index in [0.717, 1.165) is 10.9 Å². The highest BCUT2D eigenvalue weighted by Crippen LogP contribution is 2.19. The number of thioether (sulfide) groups is 1. The highest BCUT2D eigenvalue weighted by atomic mass is 32.2. The van der Waals surface area contributed by atoms with Crippen molar-refractivity contribution in [2.45, 2.75) is 56.3 Å². The Labute approximate surface area is 234 Å². The molecule has 2 rings (SSSR count). The molecule has 1 aromatic heterocycles. The number of nitrogens with two attached hydrogens (primary N) is 3. The molecule has 0 aliphatic carbocycles. The van der Waals surface area contributed by atoms with Crippen molar-refractivity contribution in [3.05, 3.63) is 36.0 Å². The van der Waals surface area contributed by atoms with Crippen LogP contribution in [0.4, 0.5) is 0 Å².